The van der Waals surface area contributed by atoms with Gasteiger partial charge in [0.05, 0.1) is 15.7 Å². The van der Waals surface area contributed by atoms with Gasteiger partial charge in [-0.2, -0.15) is 0 Å². The van der Waals surface area contributed by atoms with Crippen molar-refractivity contribution in [3.63, 3.8) is 0 Å². The van der Waals surface area contributed by atoms with Crippen molar-refractivity contribution < 1.29 is 4.79 Å². The van der Waals surface area contributed by atoms with Crippen molar-refractivity contribution >= 4 is 34.8 Å². The van der Waals surface area contributed by atoms with Crippen molar-refractivity contribution in [1.82, 2.24) is 4.90 Å². The summed E-state index contributed by atoms with van der Waals surface area (Å²) in [6, 6.07) is 5.10. The van der Waals surface area contributed by atoms with Gasteiger partial charge in [-0.1, -0.05) is 29.3 Å². The van der Waals surface area contributed by atoms with Gasteiger partial charge in [0.2, 0.25) is 5.91 Å². The number of para-hydroxylation sites is 1. The smallest absolute Gasteiger partial charge is 0.225 e. The average molecular weight is 290 g/mol. The lowest BCUT2D eigenvalue weighted by atomic mass is 10.3. The topological polar surface area (TPSA) is 58.4 Å². The lowest BCUT2D eigenvalue weighted by Gasteiger charge is -2.15. The predicted octanol–water partition coefficient (Wildman–Crippen LogP) is 2.21. The van der Waals surface area contributed by atoms with Gasteiger partial charge in [0.25, 0.3) is 0 Å². The number of anilines is 1. The summed E-state index contributed by atoms with van der Waals surface area (Å²) in [6.07, 6.45) is 0.373. The van der Waals surface area contributed by atoms with Gasteiger partial charge in [-0.25, -0.2) is 0 Å². The number of likely N-dealkylation sites (N-methyl/N-ethyl adjacent to an activating group) is 1. The summed E-state index contributed by atoms with van der Waals surface area (Å²) in [7, 11) is 1.92. The van der Waals surface area contributed by atoms with Crippen LogP contribution in [-0.4, -0.2) is 37.5 Å². The van der Waals surface area contributed by atoms with Crippen LogP contribution in [0.4, 0.5) is 5.69 Å². The largest absolute Gasteiger partial charge is 0.329 e. The second-order valence-corrected chi connectivity index (χ2v) is 4.80. The van der Waals surface area contributed by atoms with E-state index in [1.54, 1.807) is 18.2 Å². The SMILES string of the molecule is CN(CCN)CCC(=O)Nc1c(Cl)cccc1Cl. The Bertz CT molecular complexity index is 392. The Morgan fingerprint density at radius 2 is 1.94 bits per heavy atom. The van der Waals surface area contributed by atoms with Gasteiger partial charge >= 0.3 is 0 Å². The van der Waals surface area contributed by atoms with E-state index < -0.39 is 0 Å². The van der Waals surface area contributed by atoms with Gasteiger partial charge in [-0.05, 0) is 19.2 Å². The van der Waals surface area contributed by atoms with Crippen molar-refractivity contribution in [3.8, 4) is 0 Å². The first-order chi connectivity index (χ1) is 8.54. The standard InChI is InChI=1S/C12H17Cl2N3O/c1-17(8-6-15)7-5-11(18)16-12-9(13)3-2-4-10(12)14/h2-4H,5-8,15H2,1H3,(H,16,18). The van der Waals surface area contributed by atoms with Crippen LogP contribution in [0.15, 0.2) is 18.2 Å². The van der Waals surface area contributed by atoms with Crippen molar-refractivity contribution in [2.45, 2.75) is 6.42 Å². The molecule has 0 fully saturated rings. The highest BCUT2D eigenvalue weighted by molar-refractivity contribution is 6.39. The first-order valence-electron chi connectivity index (χ1n) is 5.67. The van der Waals surface area contributed by atoms with Crippen LogP contribution in [0.5, 0.6) is 0 Å². The molecule has 0 unspecified atom stereocenters. The van der Waals surface area contributed by atoms with Crippen molar-refractivity contribution in [1.29, 1.82) is 0 Å². The van der Waals surface area contributed by atoms with Gasteiger partial charge in [0.15, 0.2) is 0 Å². The molecule has 0 aromatic heterocycles. The molecule has 4 nitrogen and oxygen atoms in total. The van der Waals surface area contributed by atoms with Crippen LogP contribution in [0.25, 0.3) is 0 Å². The Balaban J connectivity index is 2.50. The normalized spacial score (nSPS) is 10.7. The van der Waals surface area contributed by atoms with Gasteiger partial charge in [-0.15, -0.1) is 0 Å². The number of nitrogens with zero attached hydrogens (tertiary/aromatic N) is 1. The van der Waals surface area contributed by atoms with E-state index in [-0.39, 0.29) is 5.91 Å². The van der Waals surface area contributed by atoms with E-state index in [0.29, 0.717) is 35.2 Å². The Labute approximate surface area is 117 Å². The molecular formula is C12H17Cl2N3O. The van der Waals surface area contributed by atoms with Crippen LogP contribution in [0.3, 0.4) is 0 Å². The molecule has 0 saturated heterocycles. The zero-order valence-electron chi connectivity index (χ0n) is 10.2. The number of rotatable bonds is 6. The molecule has 0 heterocycles. The monoisotopic (exact) mass is 289 g/mol. The van der Waals surface area contributed by atoms with Crippen molar-refractivity contribution in [2.24, 2.45) is 5.73 Å². The third-order valence-electron chi connectivity index (χ3n) is 2.46. The molecule has 0 aliphatic heterocycles. The fourth-order valence-corrected chi connectivity index (χ4v) is 1.94. The van der Waals surface area contributed by atoms with Crippen LogP contribution in [0, 0.1) is 0 Å². The summed E-state index contributed by atoms with van der Waals surface area (Å²) in [5, 5.41) is 3.59. The lowest BCUT2D eigenvalue weighted by Crippen LogP contribution is -2.29. The molecule has 1 aromatic carbocycles. The summed E-state index contributed by atoms with van der Waals surface area (Å²) in [4.78, 5) is 13.7. The Hall–Kier alpha value is -0.810. The highest BCUT2D eigenvalue weighted by Gasteiger charge is 2.10. The maximum absolute atomic E-state index is 11.7. The number of amides is 1. The maximum atomic E-state index is 11.7. The van der Waals surface area contributed by atoms with E-state index in [2.05, 4.69) is 5.32 Å². The minimum Gasteiger partial charge on any atom is -0.329 e. The Kier molecular flexibility index (Phi) is 6.43. The molecule has 100 valence electrons. The molecule has 6 heteroatoms. The third kappa shape index (κ3) is 4.82. The molecular weight excluding hydrogens is 273 g/mol. The fraction of sp³-hybridized carbons (Fsp3) is 0.417. The predicted molar refractivity (Wildman–Crippen MR) is 76.3 cm³/mol. The van der Waals surface area contributed by atoms with E-state index in [9.17, 15) is 4.79 Å². The molecule has 1 amide bonds. The zero-order chi connectivity index (χ0) is 13.5. The minimum absolute atomic E-state index is 0.117. The zero-order valence-corrected chi connectivity index (χ0v) is 11.8. The molecule has 0 saturated carbocycles. The Morgan fingerprint density at radius 1 is 1.33 bits per heavy atom. The van der Waals surface area contributed by atoms with Crippen LogP contribution in [-0.2, 0) is 4.79 Å². The molecule has 0 radical (unpaired) electrons. The summed E-state index contributed by atoms with van der Waals surface area (Å²) in [5.41, 5.74) is 5.89. The van der Waals surface area contributed by atoms with Crippen LogP contribution in [0.2, 0.25) is 10.0 Å². The number of nitrogens with one attached hydrogen (secondary N) is 1. The summed E-state index contributed by atoms with van der Waals surface area (Å²) in [5.74, 6) is -0.117. The van der Waals surface area contributed by atoms with Gasteiger partial charge in [0.1, 0.15) is 0 Å². The molecule has 0 spiro atoms. The molecule has 3 N–H and O–H groups in total. The van der Waals surface area contributed by atoms with E-state index in [1.807, 2.05) is 11.9 Å². The second-order valence-electron chi connectivity index (χ2n) is 3.99. The maximum Gasteiger partial charge on any atom is 0.225 e. The van der Waals surface area contributed by atoms with E-state index in [4.69, 9.17) is 28.9 Å². The van der Waals surface area contributed by atoms with E-state index >= 15 is 0 Å². The highest BCUT2D eigenvalue weighted by atomic mass is 35.5. The van der Waals surface area contributed by atoms with Gasteiger partial charge < -0.3 is 16.0 Å². The molecule has 0 bridgehead atoms. The second kappa shape index (κ2) is 7.59. The summed E-state index contributed by atoms with van der Waals surface area (Å²) in [6.45, 7) is 1.99. The average Bonchev–Trinajstić information content (AvgIpc) is 2.32. The molecule has 0 aliphatic rings. The van der Waals surface area contributed by atoms with Crippen LogP contribution in [0.1, 0.15) is 6.42 Å². The quantitative estimate of drug-likeness (QED) is 0.844. The summed E-state index contributed by atoms with van der Waals surface area (Å²) >= 11 is 11.9. The molecule has 0 aliphatic carbocycles. The molecule has 0 atom stereocenters. The van der Waals surface area contributed by atoms with Crippen molar-refractivity contribution in [2.75, 3.05) is 32.0 Å². The lowest BCUT2D eigenvalue weighted by molar-refractivity contribution is -0.116. The van der Waals surface area contributed by atoms with Crippen LogP contribution < -0.4 is 11.1 Å². The Morgan fingerprint density at radius 3 is 2.50 bits per heavy atom. The molecule has 1 rings (SSSR count). The number of halogens is 2. The van der Waals surface area contributed by atoms with Crippen molar-refractivity contribution in [3.05, 3.63) is 28.2 Å². The van der Waals surface area contributed by atoms with Crippen LogP contribution >= 0.6 is 23.2 Å². The third-order valence-corrected chi connectivity index (χ3v) is 3.09. The first-order valence-corrected chi connectivity index (χ1v) is 6.42. The minimum atomic E-state index is -0.117. The number of hydrogen-bond donors (Lipinski definition) is 2. The highest BCUT2D eigenvalue weighted by Crippen LogP contribution is 2.29. The first kappa shape index (κ1) is 15.2. The summed E-state index contributed by atoms with van der Waals surface area (Å²) < 4.78 is 0. The molecule has 1 aromatic rings. The number of benzene rings is 1. The van der Waals surface area contributed by atoms with E-state index in [0.717, 1.165) is 6.54 Å². The van der Waals surface area contributed by atoms with E-state index in [1.165, 1.54) is 0 Å². The molecule has 18 heavy (non-hydrogen) atoms. The number of carbonyl (C=O) groups is 1. The number of carbonyl (C=O) groups excluding carboxylic acids is 1. The van der Waals surface area contributed by atoms with Gasteiger partial charge in [0, 0.05) is 26.1 Å². The number of hydrogen-bond acceptors (Lipinski definition) is 3. The fourth-order valence-electron chi connectivity index (χ4n) is 1.44. The number of nitrogens with two attached hydrogens (primary N) is 1. The van der Waals surface area contributed by atoms with Gasteiger partial charge in [-0.3, -0.25) is 4.79 Å².